The van der Waals surface area contributed by atoms with Crippen LogP contribution in [0.5, 0.6) is 0 Å². The van der Waals surface area contributed by atoms with Gasteiger partial charge in [-0.3, -0.25) is 4.98 Å². The van der Waals surface area contributed by atoms with Crippen molar-refractivity contribution in [2.24, 2.45) is 0 Å². The van der Waals surface area contributed by atoms with E-state index in [0.717, 1.165) is 47.9 Å². The fourth-order valence-corrected chi connectivity index (χ4v) is 4.28. The van der Waals surface area contributed by atoms with Gasteiger partial charge in [-0.1, -0.05) is 19.3 Å². The van der Waals surface area contributed by atoms with Crippen molar-refractivity contribution < 1.29 is 4.74 Å². The SMILES string of the molecule is Cc1nc(-c2cccnc2)nc(NC2CCOC3(CCCCC3)C2)c1C. The van der Waals surface area contributed by atoms with Gasteiger partial charge in [0.25, 0.3) is 0 Å². The van der Waals surface area contributed by atoms with Crippen molar-refractivity contribution in [3.05, 3.63) is 35.8 Å². The summed E-state index contributed by atoms with van der Waals surface area (Å²) in [7, 11) is 0. The summed E-state index contributed by atoms with van der Waals surface area (Å²) in [5.74, 6) is 1.69. The molecule has 1 saturated carbocycles. The normalized spacial score (nSPS) is 22.3. The zero-order chi connectivity index (χ0) is 18.0. The maximum atomic E-state index is 6.24. The van der Waals surface area contributed by atoms with Crippen LogP contribution in [0.15, 0.2) is 24.5 Å². The highest BCUT2D eigenvalue weighted by molar-refractivity contribution is 5.58. The summed E-state index contributed by atoms with van der Waals surface area (Å²) in [6.07, 6.45) is 12.1. The molecule has 1 unspecified atom stereocenters. The van der Waals surface area contributed by atoms with E-state index in [9.17, 15) is 0 Å². The predicted molar refractivity (Wildman–Crippen MR) is 103 cm³/mol. The van der Waals surface area contributed by atoms with Crippen LogP contribution in [-0.4, -0.2) is 33.2 Å². The lowest BCUT2D eigenvalue weighted by Gasteiger charge is -2.43. The maximum absolute atomic E-state index is 6.24. The lowest BCUT2D eigenvalue weighted by atomic mass is 9.78. The van der Waals surface area contributed by atoms with Gasteiger partial charge in [-0.05, 0) is 51.7 Å². The molecule has 1 saturated heterocycles. The zero-order valence-corrected chi connectivity index (χ0v) is 15.8. The molecule has 0 bridgehead atoms. The molecule has 0 amide bonds. The van der Waals surface area contributed by atoms with Crippen LogP contribution < -0.4 is 5.32 Å². The van der Waals surface area contributed by atoms with E-state index < -0.39 is 0 Å². The molecular formula is C21H28N4O. The Hall–Kier alpha value is -2.01. The monoisotopic (exact) mass is 352 g/mol. The Kier molecular flexibility index (Phi) is 4.90. The van der Waals surface area contributed by atoms with E-state index in [-0.39, 0.29) is 5.60 Å². The van der Waals surface area contributed by atoms with Crippen LogP contribution in [-0.2, 0) is 4.74 Å². The molecule has 1 spiro atoms. The van der Waals surface area contributed by atoms with Crippen LogP contribution in [0.25, 0.3) is 11.4 Å². The number of ether oxygens (including phenoxy) is 1. The summed E-state index contributed by atoms with van der Waals surface area (Å²) in [6, 6.07) is 4.34. The molecule has 2 fully saturated rings. The summed E-state index contributed by atoms with van der Waals surface area (Å²) in [5, 5.41) is 3.72. The molecule has 1 aliphatic carbocycles. The van der Waals surface area contributed by atoms with E-state index in [4.69, 9.17) is 9.72 Å². The Morgan fingerprint density at radius 1 is 1.15 bits per heavy atom. The second kappa shape index (κ2) is 7.31. The number of rotatable bonds is 3. The topological polar surface area (TPSA) is 59.9 Å². The van der Waals surface area contributed by atoms with E-state index in [1.807, 2.05) is 18.3 Å². The third-order valence-corrected chi connectivity index (χ3v) is 5.91. The van der Waals surface area contributed by atoms with Crippen molar-refractivity contribution in [2.75, 3.05) is 11.9 Å². The van der Waals surface area contributed by atoms with E-state index in [1.165, 1.54) is 32.1 Å². The second-order valence-electron chi connectivity index (χ2n) is 7.77. The molecule has 138 valence electrons. The Balaban J connectivity index is 1.56. The minimum Gasteiger partial charge on any atom is -0.375 e. The minimum absolute atomic E-state index is 0.0936. The summed E-state index contributed by atoms with van der Waals surface area (Å²) in [5.41, 5.74) is 3.19. The summed E-state index contributed by atoms with van der Waals surface area (Å²) in [6.45, 7) is 4.99. The average Bonchev–Trinajstić information content (AvgIpc) is 2.67. The first-order valence-electron chi connectivity index (χ1n) is 9.81. The molecule has 2 aliphatic rings. The lowest BCUT2D eigenvalue weighted by molar-refractivity contribution is -0.103. The molecule has 0 radical (unpaired) electrons. The second-order valence-corrected chi connectivity index (χ2v) is 7.77. The van der Waals surface area contributed by atoms with Crippen molar-refractivity contribution in [1.29, 1.82) is 0 Å². The quantitative estimate of drug-likeness (QED) is 0.884. The molecule has 26 heavy (non-hydrogen) atoms. The molecule has 1 atom stereocenters. The van der Waals surface area contributed by atoms with E-state index in [0.29, 0.717) is 6.04 Å². The number of hydrogen-bond donors (Lipinski definition) is 1. The Bertz CT molecular complexity index is 751. The van der Waals surface area contributed by atoms with Crippen LogP contribution in [0.3, 0.4) is 0 Å². The van der Waals surface area contributed by atoms with E-state index in [2.05, 4.69) is 29.1 Å². The molecule has 0 aromatic carbocycles. The summed E-state index contributed by atoms with van der Waals surface area (Å²) >= 11 is 0. The van der Waals surface area contributed by atoms with Crippen molar-refractivity contribution >= 4 is 5.82 Å². The van der Waals surface area contributed by atoms with Gasteiger partial charge in [0.2, 0.25) is 0 Å². The number of nitrogens with one attached hydrogen (secondary N) is 1. The van der Waals surface area contributed by atoms with Crippen LogP contribution >= 0.6 is 0 Å². The fraction of sp³-hybridized carbons (Fsp3) is 0.571. The van der Waals surface area contributed by atoms with Crippen LogP contribution in [0.2, 0.25) is 0 Å². The van der Waals surface area contributed by atoms with Gasteiger partial charge in [0.15, 0.2) is 5.82 Å². The first-order valence-corrected chi connectivity index (χ1v) is 9.81. The summed E-state index contributed by atoms with van der Waals surface area (Å²) in [4.78, 5) is 13.7. The Morgan fingerprint density at radius 3 is 2.77 bits per heavy atom. The largest absolute Gasteiger partial charge is 0.375 e. The number of hydrogen-bond acceptors (Lipinski definition) is 5. The highest BCUT2D eigenvalue weighted by Crippen LogP contribution is 2.39. The standard InChI is InChI=1S/C21H28N4O/c1-15-16(2)23-20(17-7-6-11-22-14-17)25-19(15)24-18-8-12-26-21(13-18)9-4-3-5-10-21/h6-7,11,14,18H,3-5,8-10,12-13H2,1-2H3,(H,23,24,25). The number of anilines is 1. The number of aromatic nitrogens is 3. The molecule has 4 rings (SSSR count). The molecule has 1 N–H and O–H groups in total. The van der Waals surface area contributed by atoms with Gasteiger partial charge in [0, 0.05) is 41.9 Å². The van der Waals surface area contributed by atoms with Gasteiger partial charge in [-0.2, -0.15) is 0 Å². The maximum Gasteiger partial charge on any atom is 0.163 e. The summed E-state index contributed by atoms with van der Waals surface area (Å²) < 4.78 is 6.24. The van der Waals surface area contributed by atoms with Gasteiger partial charge < -0.3 is 10.1 Å². The van der Waals surface area contributed by atoms with Crippen molar-refractivity contribution in [3.63, 3.8) is 0 Å². The van der Waals surface area contributed by atoms with E-state index in [1.54, 1.807) is 6.20 Å². The van der Waals surface area contributed by atoms with Crippen LogP contribution in [0.4, 0.5) is 5.82 Å². The fourth-order valence-electron chi connectivity index (χ4n) is 4.28. The molecule has 2 aromatic rings. The van der Waals surface area contributed by atoms with Gasteiger partial charge >= 0.3 is 0 Å². The molecule has 3 heterocycles. The van der Waals surface area contributed by atoms with Crippen molar-refractivity contribution in [3.8, 4) is 11.4 Å². The highest BCUT2D eigenvalue weighted by atomic mass is 16.5. The lowest BCUT2D eigenvalue weighted by Crippen LogP contribution is -2.45. The smallest absolute Gasteiger partial charge is 0.163 e. The van der Waals surface area contributed by atoms with Gasteiger partial charge in [-0.25, -0.2) is 9.97 Å². The van der Waals surface area contributed by atoms with Crippen molar-refractivity contribution in [2.45, 2.75) is 70.4 Å². The first kappa shape index (κ1) is 17.4. The molecule has 5 nitrogen and oxygen atoms in total. The Morgan fingerprint density at radius 2 is 2.00 bits per heavy atom. The third kappa shape index (κ3) is 3.58. The van der Waals surface area contributed by atoms with Gasteiger partial charge in [0.1, 0.15) is 5.82 Å². The highest BCUT2D eigenvalue weighted by Gasteiger charge is 2.38. The zero-order valence-electron chi connectivity index (χ0n) is 15.8. The number of aryl methyl sites for hydroxylation is 1. The van der Waals surface area contributed by atoms with Crippen molar-refractivity contribution in [1.82, 2.24) is 15.0 Å². The number of nitrogens with zero attached hydrogens (tertiary/aromatic N) is 3. The van der Waals surface area contributed by atoms with Crippen LogP contribution in [0.1, 0.15) is 56.2 Å². The molecule has 2 aromatic heterocycles. The minimum atomic E-state index is 0.0936. The van der Waals surface area contributed by atoms with Gasteiger partial charge in [0.05, 0.1) is 5.60 Å². The average molecular weight is 352 g/mol. The molecular weight excluding hydrogens is 324 g/mol. The first-order chi connectivity index (χ1) is 12.7. The third-order valence-electron chi connectivity index (χ3n) is 5.91. The van der Waals surface area contributed by atoms with Gasteiger partial charge in [-0.15, -0.1) is 0 Å². The Labute approximate surface area is 155 Å². The molecule has 1 aliphatic heterocycles. The number of pyridine rings is 1. The van der Waals surface area contributed by atoms with Crippen LogP contribution in [0, 0.1) is 13.8 Å². The van der Waals surface area contributed by atoms with E-state index >= 15 is 0 Å². The molecule has 5 heteroatoms. The predicted octanol–water partition coefficient (Wildman–Crippen LogP) is 4.45.